The number of carbonyl (C=O) groups excluding carboxylic acids is 1. The Hall–Kier alpha value is -2.93. The van der Waals surface area contributed by atoms with E-state index in [9.17, 15) is 15.0 Å². The van der Waals surface area contributed by atoms with Crippen molar-refractivity contribution in [2.75, 3.05) is 31.1 Å². The van der Waals surface area contributed by atoms with Crippen molar-refractivity contribution >= 4 is 28.2 Å². The van der Waals surface area contributed by atoms with Crippen LogP contribution in [0, 0.1) is 12.3 Å². The van der Waals surface area contributed by atoms with Gasteiger partial charge in [0.2, 0.25) is 0 Å². The zero-order chi connectivity index (χ0) is 24.3. The van der Waals surface area contributed by atoms with E-state index < -0.39 is 6.10 Å². The number of hydrogen-bond acceptors (Lipinski definition) is 6. The summed E-state index contributed by atoms with van der Waals surface area (Å²) < 4.78 is 0. The van der Waals surface area contributed by atoms with Gasteiger partial charge in [-0.1, -0.05) is 39.0 Å². The smallest absolute Gasteiger partial charge is 0.251 e. The van der Waals surface area contributed by atoms with Gasteiger partial charge in [0.1, 0.15) is 17.7 Å². The van der Waals surface area contributed by atoms with E-state index >= 15 is 0 Å². The summed E-state index contributed by atoms with van der Waals surface area (Å²) in [5.74, 6) is 1.22. The van der Waals surface area contributed by atoms with Gasteiger partial charge < -0.3 is 20.0 Å². The van der Waals surface area contributed by atoms with Gasteiger partial charge in [0.05, 0.1) is 11.1 Å². The van der Waals surface area contributed by atoms with Crippen molar-refractivity contribution in [2.45, 2.75) is 54.1 Å². The van der Waals surface area contributed by atoms with Crippen LogP contribution in [0.3, 0.4) is 0 Å². The van der Waals surface area contributed by atoms with E-state index in [4.69, 9.17) is 9.97 Å². The van der Waals surface area contributed by atoms with E-state index in [1.54, 1.807) is 11.8 Å². The van der Waals surface area contributed by atoms with Gasteiger partial charge in [-0.15, -0.1) is 0 Å². The number of allylic oxidation sites excluding steroid dienone is 4. The fourth-order valence-corrected chi connectivity index (χ4v) is 4.12. The zero-order valence-corrected chi connectivity index (χ0v) is 20.6. The fourth-order valence-electron chi connectivity index (χ4n) is 4.12. The molecule has 1 fully saturated rings. The molecule has 0 aliphatic carbocycles. The Bertz CT molecular complexity index is 1070. The molecule has 1 aromatic carbocycles. The topological polar surface area (TPSA) is 89.8 Å². The Balaban J connectivity index is 1.90. The van der Waals surface area contributed by atoms with E-state index in [1.807, 2.05) is 65.0 Å². The Morgan fingerprint density at radius 2 is 1.85 bits per heavy atom. The first-order chi connectivity index (χ1) is 15.5. The lowest BCUT2D eigenvalue weighted by Crippen LogP contribution is -2.52. The summed E-state index contributed by atoms with van der Waals surface area (Å²) in [5.41, 5.74) is 2.38. The number of aryl methyl sites for hydroxylation is 1. The van der Waals surface area contributed by atoms with Crippen molar-refractivity contribution in [3.8, 4) is 0 Å². The van der Waals surface area contributed by atoms with Gasteiger partial charge in [0.15, 0.2) is 5.82 Å². The zero-order valence-electron chi connectivity index (χ0n) is 20.6. The second-order valence-corrected chi connectivity index (χ2v) is 9.98. The average Bonchev–Trinajstić information content (AvgIpc) is 2.74. The summed E-state index contributed by atoms with van der Waals surface area (Å²) in [6.45, 7) is 13.8. The van der Waals surface area contributed by atoms with Gasteiger partial charge in [-0.2, -0.15) is 0 Å². The third kappa shape index (κ3) is 5.90. The molecule has 1 amide bonds. The Morgan fingerprint density at radius 3 is 2.42 bits per heavy atom. The van der Waals surface area contributed by atoms with Crippen molar-refractivity contribution in [1.82, 2.24) is 14.9 Å². The molecular weight excluding hydrogens is 416 g/mol. The molecule has 0 radical (unpaired) electrons. The number of rotatable bonds is 5. The van der Waals surface area contributed by atoms with E-state index in [1.165, 1.54) is 0 Å². The number of nitrogens with zero attached hydrogens (tertiary/aromatic N) is 4. The summed E-state index contributed by atoms with van der Waals surface area (Å²) in [6, 6.07) is 6.09. The predicted molar refractivity (Wildman–Crippen MR) is 133 cm³/mol. The van der Waals surface area contributed by atoms with Crippen LogP contribution in [0.4, 0.5) is 5.82 Å². The molecule has 1 aliphatic rings. The molecule has 7 heteroatoms. The number of aromatic nitrogens is 2. The maximum absolute atomic E-state index is 12.7. The number of carbonyl (C=O) groups is 1. The predicted octanol–water partition coefficient (Wildman–Crippen LogP) is 4.25. The molecule has 1 aromatic heterocycles. The van der Waals surface area contributed by atoms with Gasteiger partial charge in [0.25, 0.3) is 5.91 Å². The minimum Gasteiger partial charge on any atom is -0.512 e. The molecule has 0 saturated carbocycles. The van der Waals surface area contributed by atoms with Crippen LogP contribution < -0.4 is 4.90 Å². The quantitative estimate of drug-likeness (QED) is 0.521. The number of hydrogen-bond donors (Lipinski definition) is 2. The number of fused-ring (bicyclic) bond motifs is 1. The molecule has 2 N–H and O–H groups in total. The van der Waals surface area contributed by atoms with Crippen molar-refractivity contribution in [2.24, 2.45) is 5.41 Å². The fraction of sp³-hybridized carbons (Fsp3) is 0.500. The highest BCUT2D eigenvalue weighted by molar-refractivity contribution is 5.92. The average molecular weight is 453 g/mol. The van der Waals surface area contributed by atoms with Crippen LogP contribution in [0.2, 0.25) is 0 Å². The highest BCUT2D eigenvalue weighted by Gasteiger charge is 2.30. The van der Waals surface area contributed by atoms with Crippen LogP contribution in [0.15, 0.2) is 36.1 Å². The number of anilines is 1. The molecule has 1 saturated heterocycles. The SMILES string of the molecule is C/C=C\C(=C(/C)O)c1nc(N2CCN(C(=O)[C@H](O)CC(C)(C)C)CC2)c2ccc(C)cc2n1. The number of amides is 1. The third-order valence-corrected chi connectivity index (χ3v) is 5.78. The van der Waals surface area contributed by atoms with Crippen LogP contribution in [-0.4, -0.2) is 63.3 Å². The normalized spacial score (nSPS) is 16.9. The molecule has 3 rings (SSSR count). The molecule has 2 heterocycles. The molecule has 7 nitrogen and oxygen atoms in total. The second-order valence-electron chi connectivity index (χ2n) is 9.98. The first-order valence-corrected chi connectivity index (χ1v) is 11.5. The lowest BCUT2D eigenvalue weighted by atomic mass is 9.89. The minimum atomic E-state index is -0.980. The summed E-state index contributed by atoms with van der Waals surface area (Å²) in [7, 11) is 0. The van der Waals surface area contributed by atoms with Crippen LogP contribution in [0.5, 0.6) is 0 Å². The second kappa shape index (κ2) is 9.91. The number of aliphatic hydroxyl groups excluding tert-OH is 2. The first-order valence-electron chi connectivity index (χ1n) is 11.5. The molecule has 1 aliphatic heterocycles. The van der Waals surface area contributed by atoms with E-state index in [0.717, 1.165) is 22.3 Å². The van der Waals surface area contributed by atoms with Gasteiger partial charge in [-0.3, -0.25) is 4.79 Å². The van der Waals surface area contributed by atoms with E-state index in [-0.39, 0.29) is 17.1 Å². The van der Waals surface area contributed by atoms with Gasteiger partial charge in [-0.05, 0) is 50.3 Å². The van der Waals surface area contributed by atoms with E-state index in [0.29, 0.717) is 44.0 Å². The van der Waals surface area contributed by atoms with Gasteiger partial charge in [-0.25, -0.2) is 9.97 Å². The Morgan fingerprint density at radius 1 is 1.18 bits per heavy atom. The first kappa shape index (κ1) is 24.7. The molecule has 2 aromatic rings. The Labute approximate surface area is 196 Å². The molecule has 0 spiro atoms. The van der Waals surface area contributed by atoms with Crippen LogP contribution in [0.25, 0.3) is 16.5 Å². The molecule has 178 valence electrons. The number of benzene rings is 1. The highest BCUT2D eigenvalue weighted by atomic mass is 16.3. The lowest BCUT2D eigenvalue weighted by Gasteiger charge is -2.37. The van der Waals surface area contributed by atoms with E-state index in [2.05, 4.69) is 4.90 Å². The largest absolute Gasteiger partial charge is 0.512 e. The standard InChI is InChI=1S/C26H36N4O3/c1-7-8-19(18(3)31)23-27-21-15-17(2)9-10-20(21)24(28-23)29-11-13-30(14-12-29)25(33)22(32)16-26(4,5)6/h7-10,15,22,31-32H,11-14,16H2,1-6H3/b8-7-,19-18-/t22-/m1/s1. The molecular formula is C26H36N4O3. The monoisotopic (exact) mass is 452 g/mol. The van der Waals surface area contributed by atoms with Crippen molar-refractivity contribution in [1.29, 1.82) is 0 Å². The Kier molecular flexibility index (Phi) is 7.42. The number of aliphatic hydroxyl groups is 2. The van der Waals surface area contributed by atoms with Crippen LogP contribution >= 0.6 is 0 Å². The lowest BCUT2D eigenvalue weighted by molar-refractivity contribution is -0.142. The summed E-state index contributed by atoms with van der Waals surface area (Å²) in [5, 5.41) is 21.6. The summed E-state index contributed by atoms with van der Waals surface area (Å²) in [6.07, 6.45) is 3.12. The summed E-state index contributed by atoms with van der Waals surface area (Å²) in [4.78, 5) is 26.2. The summed E-state index contributed by atoms with van der Waals surface area (Å²) >= 11 is 0. The minimum absolute atomic E-state index is 0.117. The van der Waals surface area contributed by atoms with Crippen molar-refractivity contribution in [3.05, 3.63) is 47.5 Å². The van der Waals surface area contributed by atoms with Gasteiger partial charge >= 0.3 is 0 Å². The maximum atomic E-state index is 12.7. The van der Waals surface area contributed by atoms with Gasteiger partial charge in [0, 0.05) is 31.6 Å². The molecule has 1 atom stereocenters. The van der Waals surface area contributed by atoms with Crippen LogP contribution in [0.1, 0.15) is 52.4 Å². The molecule has 0 unspecified atom stereocenters. The number of piperazine rings is 1. The molecule has 0 bridgehead atoms. The van der Waals surface area contributed by atoms with Crippen molar-refractivity contribution < 1.29 is 15.0 Å². The highest BCUT2D eigenvalue weighted by Crippen LogP contribution is 2.29. The molecule has 33 heavy (non-hydrogen) atoms. The van der Waals surface area contributed by atoms with Crippen LogP contribution in [-0.2, 0) is 4.79 Å². The van der Waals surface area contributed by atoms with Crippen molar-refractivity contribution in [3.63, 3.8) is 0 Å². The maximum Gasteiger partial charge on any atom is 0.251 e. The third-order valence-electron chi connectivity index (χ3n) is 5.78.